The number of hydrogen-bond acceptors (Lipinski definition) is 7. The molecule has 0 saturated carbocycles. The molecule has 0 aliphatic rings. The van der Waals surface area contributed by atoms with Gasteiger partial charge < -0.3 is 23.5 Å². The summed E-state index contributed by atoms with van der Waals surface area (Å²) in [5, 5.41) is 14.7. The third-order valence-electron chi connectivity index (χ3n) is 4.36. The summed E-state index contributed by atoms with van der Waals surface area (Å²) < 4.78 is 21.4. The monoisotopic (exact) mass is 385 g/mol. The number of phenolic OH excluding ortho intramolecular Hbond substituents is 1. The van der Waals surface area contributed by atoms with Crippen molar-refractivity contribution >= 4 is 5.97 Å². The maximum absolute atomic E-state index is 11.9. The van der Waals surface area contributed by atoms with Crippen LogP contribution in [0.5, 0.6) is 11.5 Å². The Bertz CT molecular complexity index is 985. The van der Waals surface area contributed by atoms with Gasteiger partial charge in [-0.3, -0.25) is 0 Å². The summed E-state index contributed by atoms with van der Waals surface area (Å²) in [4.78, 5) is 11.9. The Hall–Kier alpha value is -3.22. The molecule has 0 amide bonds. The van der Waals surface area contributed by atoms with Crippen molar-refractivity contribution in [3.63, 3.8) is 0 Å². The summed E-state index contributed by atoms with van der Waals surface area (Å²) in [5.41, 5.74) is 2.46. The van der Waals surface area contributed by atoms with Crippen molar-refractivity contribution in [2.45, 2.75) is 33.6 Å². The van der Waals surface area contributed by atoms with Crippen LogP contribution < -0.4 is 4.74 Å². The minimum absolute atomic E-state index is 0.0171. The van der Waals surface area contributed by atoms with Crippen molar-refractivity contribution in [2.75, 3.05) is 13.7 Å². The summed E-state index contributed by atoms with van der Waals surface area (Å²) in [6.07, 6.45) is 1.71. The zero-order chi connectivity index (χ0) is 20.3. The van der Waals surface area contributed by atoms with E-state index in [0.29, 0.717) is 34.1 Å². The zero-order valence-corrected chi connectivity index (χ0v) is 16.4. The molecule has 3 aromatic rings. The molecule has 0 radical (unpaired) electrons. The van der Waals surface area contributed by atoms with Gasteiger partial charge in [-0.2, -0.15) is 0 Å². The predicted molar refractivity (Wildman–Crippen MR) is 103 cm³/mol. The molecule has 0 aliphatic carbocycles. The summed E-state index contributed by atoms with van der Waals surface area (Å²) in [5.74, 6) is 1.10. The zero-order valence-electron chi connectivity index (χ0n) is 16.4. The third kappa shape index (κ3) is 3.60. The Morgan fingerprint density at radius 2 is 2.04 bits per heavy atom. The predicted octanol–water partition coefficient (Wildman–Crippen LogP) is 4.75. The minimum Gasteiger partial charge on any atom is -0.507 e. The van der Waals surface area contributed by atoms with E-state index in [2.05, 4.69) is 12.1 Å². The molecule has 0 fully saturated rings. The first-order chi connectivity index (χ1) is 13.5. The van der Waals surface area contributed by atoms with Gasteiger partial charge in [-0.05, 0) is 44.0 Å². The molecule has 1 aromatic carbocycles. The van der Waals surface area contributed by atoms with E-state index in [-0.39, 0.29) is 18.1 Å². The Kier molecular flexibility index (Phi) is 5.73. The van der Waals surface area contributed by atoms with E-state index < -0.39 is 5.97 Å². The number of methoxy groups -OCH3 is 1. The molecule has 7 nitrogen and oxygen atoms in total. The fourth-order valence-electron chi connectivity index (χ4n) is 3.09. The molecule has 0 bridgehead atoms. The van der Waals surface area contributed by atoms with E-state index in [1.54, 1.807) is 39.2 Å². The molecule has 0 atom stereocenters. The van der Waals surface area contributed by atoms with Crippen LogP contribution in [0.4, 0.5) is 0 Å². The third-order valence-corrected chi connectivity index (χ3v) is 4.36. The van der Waals surface area contributed by atoms with Crippen molar-refractivity contribution < 1.29 is 28.3 Å². The van der Waals surface area contributed by atoms with E-state index in [0.717, 1.165) is 18.4 Å². The summed E-state index contributed by atoms with van der Waals surface area (Å²) in [6.45, 7) is 5.79. The highest BCUT2D eigenvalue weighted by Crippen LogP contribution is 2.41. The number of ether oxygens (including phenoxy) is 2. The molecule has 2 heterocycles. The van der Waals surface area contributed by atoms with E-state index >= 15 is 0 Å². The van der Waals surface area contributed by atoms with Crippen LogP contribution in [-0.4, -0.2) is 29.9 Å². The number of carbonyl (C=O) groups is 1. The van der Waals surface area contributed by atoms with Gasteiger partial charge in [0.1, 0.15) is 28.7 Å². The van der Waals surface area contributed by atoms with Gasteiger partial charge in [-0.1, -0.05) is 18.5 Å². The SMILES string of the molecule is CCCc1cc(-c2noc(C)c2-c2ccc(C(=O)OCC)o2)c(O)cc1OC. The van der Waals surface area contributed by atoms with E-state index in [4.69, 9.17) is 18.4 Å². The summed E-state index contributed by atoms with van der Waals surface area (Å²) >= 11 is 0. The highest BCUT2D eigenvalue weighted by atomic mass is 16.5. The second-order valence-corrected chi connectivity index (χ2v) is 6.28. The van der Waals surface area contributed by atoms with Gasteiger partial charge in [0.2, 0.25) is 5.76 Å². The first-order valence-corrected chi connectivity index (χ1v) is 9.13. The lowest BCUT2D eigenvalue weighted by Gasteiger charge is -2.11. The number of rotatable bonds is 7. The van der Waals surface area contributed by atoms with Crippen LogP contribution in [0.15, 0.2) is 33.2 Å². The Labute approximate surface area is 162 Å². The lowest BCUT2D eigenvalue weighted by molar-refractivity contribution is 0.0491. The second kappa shape index (κ2) is 8.21. The Balaban J connectivity index is 2.09. The van der Waals surface area contributed by atoms with Crippen LogP contribution in [0.25, 0.3) is 22.6 Å². The summed E-state index contributed by atoms with van der Waals surface area (Å²) in [6, 6.07) is 6.61. The molecular formula is C21H23NO6. The Morgan fingerprint density at radius 3 is 2.71 bits per heavy atom. The molecule has 0 aliphatic heterocycles. The van der Waals surface area contributed by atoms with E-state index in [1.165, 1.54) is 0 Å². The second-order valence-electron chi connectivity index (χ2n) is 6.28. The largest absolute Gasteiger partial charge is 0.507 e. The molecule has 0 saturated heterocycles. The number of aromatic nitrogens is 1. The fraction of sp³-hybridized carbons (Fsp3) is 0.333. The van der Waals surface area contributed by atoms with Crippen molar-refractivity contribution in [3.8, 4) is 34.1 Å². The number of aromatic hydroxyl groups is 1. The maximum atomic E-state index is 11.9. The van der Waals surface area contributed by atoms with Gasteiger partial charge in [0.05, 0.1) is 19.3 Å². The van der Waals surface area contributed by atoms with Crippen LogP contribution >= 0.6 is 0 Å². The van der Waals surface area contributed by atoms with Gasteiger partial charge in [0.15, 0.2) is 0 Å². The molecule has 0 spiro atoms. The molecule has 2 aromatic heterocycles. The van der Waals surface area contributed by atoms with Gasteiger partial charge in [0.25, 0.3) is 0 Å². The first-order valence-electron chi connectivity index (χ1n) is 9.13. The minimum atomic E-state index is -0.540. The number of esters is 1. The smallest absolute Gasteiger partial charge is 0.374 e. The normalized spacial score (nSPS) is 10.9. The number of hydrogen-bond donors (Lipinski definition) is 1. The topological polar surface area (TPSA) is 94.9 Å². The molecule has 148 valence electrons. The van der Waals surface area contributed by atoms with E-state index in [9.17, 15) is 9.90 Å². The van der Waals surface area contributed by atoms with Crippen LogP contribution in [0.1, 0.15) is 42.1 Å². The average molecular weight is 385 g/mol. The van der Waals surface area contributed by atoms with E-state index in [1.807, 2.05) is 6.07 Å². The molecule has 7 heteroatoms. The van der Waals surface area contributed by atoms with Crippen molar-refractivity contribution in [1.82, 2.24) is 5.16 Å². The van der Waals surface area contributed by atoms with Crippen molar-refractivity contribution in [3.05, 3.63) is 41.3 Å². The van der Waals surface area contributed by atoms with Crippen molar-refractivity contribution in [1.29, 1.82) is 0 Å². The molecule has 28 heavy (non-hydrogen) atoms. The fourth-order valence-corrected chi connectivity index (χ4v) is 3.09. The quantitative estimate of drug-likeness (QED) is 0.586. The molecule has 0 unspecified atom stereocenters. The lowest BCUT2D eigenvalue weighted by atomic mass is 9.99. The molecule has 3 rings (SSSR count). The summed E-state index contributed by atoms with van der Waals surface area (Å²) in [7, 11) is 1.57. The molecular weight excluding hydrogens is 362 g/mol. The Morgan fingerprint density at radius 1 is 1.25 bits per heavy atom. The first kappa shape index (κ1) is 19.5. The number of furan rings is 1. The standard InChI is InChI=1S/C21H23NO6/c1-5-7-13-10-14(15(23)11-18(13)25-4)20-19(12(3)28-22-20)16-8-9-17(27-16)21(24)26-6-2/h8-11,23H,5-7H2,1-4H3. The van der Waals surface area contributed by atoms with Gasteiger partial charge in [-0.25, -0.2) is 4.79 Å². The van der Waals surface area contributed by atoms with Crippen molar-refractivity contribution in [2.24, 2.45) is 0 Å². The maximum Gasteiger partial charge on any atom is 0.374 e. The lowest BCUT2D eigenvalue weighted by Crippen LogP contribution is -2.02. The van der Waals surface area contributed by atoms with Gasteiger partial charge >= 0.3 is 5.97 Å². The van der Waals surface area contributed by atoms with Crippen LogP contribution in [0.2, 0.25) is 0 Å². The average Bonchev–Trinajstić information content (AvgIpc) is 3.29. The highest BCUT2D eigenvalue weighted by Gasteiger charge is 2.24. The number of benzene rings is 1. The number of nitrogens with zero attached hydrogens (tertiary/aromatic N) is 1. The highest BCUT2D eigenvalue weighted by molar-refractivity contribution is 5.88. The number of aryl methyl sites for hydroxylation is 2. The van der Waals surface area contributed by atoms with Crippen LogP contribution in [-0.2, 0) is 11.2 Å². The van der Waals surface area contributed by atoms with Crippen LogP contribution in [0, 0.1) is 6.92 Å². The molecule has 1 N–H and O–H groups in total. The van der Waals surface area contributed by atoms with Gasteiger partial charge in [-0.15, -0.1) is 0 Å². The van der Waals surface area contributed by atoms with Crippen LogP contribution in [0.3, 0.4) is 0 Å². The number of phenols is 1. The van der Waals surface area contributed by atoms with Gasteiger partial charge in [0, 0.05) is 11.6 Å². The number of carbonyl (C=O) groups excluding carboxylic acids is 1.